The summed E-state index contributed by atoms with van der Waals surface area (Å²) in [6, 6.07) is 7.15. The lowest BCUT2D eigenvalue weighted by molar-refractivity contribution is -0.389. The van der Waals surface area contributed by atoms with E-state index in [-0.39, 0.29) is 17.9 Å². The van der Waals surface area contributed by atoms with Crippen molar-refractivity contribution in [3.63, 3.8) is 0 Å². The Labute approximate surface area is 108 Å². The van der Waals surface area contributed by atoms with Crippen molar-refractivity contribution in [2.75, 3.05) is 0 Å². The van der Waals surface area contributed by atoms with Gasteiger partial charge in [-0.3, -0.25) is 0 Å². The van der Waals surface area contributed by atoms with Gasteiger partial charge in [-0.25, -0.2) is 4.39 Å². The molecule has 0 saturated carbocycles. The third kappa shape index (κ3) is 2.76. The Morgan fingerprint density at radius 1 is 1.53 bits per heavy atom. The van der Waals surface area contributed by atoms with Crippen LogP contribution in [0.1, 0.15) is 17.4 Å². The first kappa shape index (κ1) is 13.2. The van der Waals surface area contributed by atoms with Crippen LogP contribution in [-0.4, -0.2) is 19.8 Å². The Morgan fingerprint density at radius 3 is 2.79 bits per heavy atom. The molecule has 1 unspecified atom stereocenters. The summed E-state index contributed by atoms with van der Waals surface area (Å²) in [5, 5.41) is 24.3. The Balaban J connectivity index is 2.22. The first-order valence-electron chi connectivity index (χ1n) is 5.60. The summed E-state index contributed by atoms with van der Waals surface area (Å²) in [7, 11) is 0. The van der Waals surface area contributed by atoms with Crippen molar-refractivity contribution in [2.45, 2.75) is 19.6 Å². The van der Waals surface area contributed by atoms with E-state index in [0.717, 1.165) is 0 Å². The van der Waals surface area contributed by atoms with E-state index in [0.29, 0.717) is 5.69 Å². The Bertz CT molecular complexity index is 612. The first-order valence-corrected chi connectivity index (χ1v) is 5.60. The Kier molecular flexibility index (Phi) is 3.57. The molecule has 0 saturated heterocycles. The van der Waals surface area contributed by atoms with Crippen LogP contribution in [0.25, 0.3) is 0 Å². The van der Waals surface area contributed by atoms with Crippen molar-refractivity contribution >= 4 is 5.82 Å². The van der Waals surface area contributed by atoms with Gasteiger partial charge in [0.1, 0.15) is 11.9 Å². The monoisotopic (exact) mass is 265 g/mol. The minimum Gasteiger partial charge on any atom is -0.386 e. The predicted molar refractivity (Wildman–Crippen MR) is 65.0 cm³/mol. The van der Waals surface area contributed by atoms with E-state index >= 15 is 0 Å². The van der Waals surface area contributed by atoms with E-state index in [1.807, 2.05) is 0 Å². The predicted octanol–water partition coefficient (Wildman–Crippen LogP) is 1.97. The Hall–Kier alpha value is -2.28. The fourth-order valence-corrected chi connectivity index (χ4v) is 1.77. The number of nitrogens with zero attached hydrogens (tertiary/aromatic N) is 3. The number of rotatable bonds is 4. The van der Waals surface area contributed by atoms with E-state index in [4.69, 9.17) is 0 Å². The van der Waals surface area contributed by atoms with Crippen LogP contribution in [-0.2, 0) is 6.54 Å². The molecular formula is C12H12FN3O3. The van der Waals surface area contributed by atoms with Crippen LogP contribution in [0.2, 0.25) is 0 Å². The molecule has 100 valence electrons. The van der Waals surface area contributed by atoms with Gasteiger partial charge in [-0.05, 0) is 17.9 Å². The minimum absolute atomic E-state index is 0.0411. The summed E-state index contributed by atoms with van der Waals surface area (Å²) >= 11 is 0. The van der Waals surface area contributed by atoms with Gasteiger partial charge < -0.3 is 15.2 Å². The Morgan fingerprint density at radius 2 is 2.21 bits per heavy atom. The van der Waals surface area contributed by atoms with E-state index < -0.39 is 16.8 Å². The van der Waals surface area contributed by atoms with Crippen molar-refractivity contribution in [2.24, 2.45) is 0 Å². The number of hydrogen-bond donors (Lipinski definition) is 1. The van der Waals surface area contributed by atoms with Gasteiger partial charge in [-0.15, -0.1) is 0 Å². The molecule has 19 heavy (non-hydrogen) atoms. The zero-order valence-corrected chi connectivity index (χ0v) is 10.2. The maximum atomic E-state index is 13.5. The smallest absolute Gasteiger partial charge is 0.386 e. The topological polar surface area (TPSA) is 81.2 Å². The third-order valence-electron chi connectivity index (χ3n) is 2.77. The van der Waals surface area contributed by atoms with Crippen LogP contribution in [0.5, 0.6) is 0 Å². The molecule has 1 N–H and O–H groups in total. The van der Waals surface area contributed by atoms with Crippen molar-refractivity contribution in [3.05, 3.63) is 57.5 Å². The van der Waals surface area contributed by atoms with Crippen LogP contribution < -0.4 is 0 Å². The number of aromatic nitrogens is 2. The molecule has 0 spiro atoms. The maximum Gasteiger partial charge on any atom is 0.390 e. The summed E-state index contributed by atoms with van der Waals surface area (Å²) in [6.45, 7) is 1.59. The molecule has 0 radical (unpaired) electrons. The second-order valence-electron chi connectivity index (χ2n) is 4.12. The van der Waals surface area contributed by atoms with Crippen molar-refractivity contribution < 1.29 is 14.4 Å². The van der Waals surface area contributed by atoms with Gasteiger partial charge >= 0.3 is 5.82 Å². The summed E-state index contributed by atoms with van der Waals surface area (Å²) < 4.78 is 14.8. The van der Waals surface area contributed by atoms with Crippen LogP contribution in [0.3, 0.4) is 0 Å². The molecule has 0 bridgehead atoms. The van der Waals surface area contributed by atoms with Crippen LogP contribution >= 0.6 is 0 Å². The molecule has 0 aliphatic rings. The van der Waals surface area contributed by atoms with E-state index in [1.54, 1.807) is 13.0 Å². The minimum atomic E-state index is -1.11. The molecular weight excluding hydrogens is 253 g/mol. The highest BCUT2D eigenvalue weighted by Crippen LogP contribution is 2.20. The number of benzene rings is 1. The summed E-state index contributed by atoms with van der Waals surface area (Å²) in [5.74, 6) is -0.812. The number of nitro groups is 1. The van der Waals surface area contributed by atoms with E-state index in [1.165, 1.54) is 28.9 Å². The average Bonchev–Trinajstić information content (AvgIpc) is 2.71. The van der Waals surface area contributed by atoms with Gasteiger partial charge in [0.2, 0.25) is 0 Å². The van der Waals surface area contributed by atoms with Crippen molar-refractivity contribution in [3.8, 4) is 0 Å². The largest absolute Gasteiger partial charge is 0.390 e. The van der Waals surface area contributed by atoms with Crippen LogP contribution in [0.15, 0.2) is 30.3 Å². The fraction of sp³-hybridized carbons (Fsp3) is 0.250. The fourth-order valence-electron chi connectivity index (χ4n) is 1.77. The van der Waals surface area contributed by atoms with Gasteiger partial charge in [0.15, 0.2) is 0 Å². The molecule has 0 aliphatic carbocycles. The number of aryl methyl sites for hydroxylation is 1. The molecule has 2 aromatic rings. The highest BCUT2D eigenvalue weighted by Gasteiger charge is 2.20. The summed E-state index contributed by atoms with van der Waals surface area (Å²) in [5.41, 5.74) is 0.669. The molecule has 1 aromatic carbocycles. The van der Waals surface area contributed by atoms with Gasteiger partial charge in [0, 0.05) is 5.56 Å². The van der Waals surface area contributed by atoms with Crippen LogP contribution in [0, 0.1) is 22.9 Å². The summed E-state index contributed by atoms with van der Waals surface area (Å²) in [6.07, 6.45) is -1.11. The molecule has 0 aliphatic heterocycles. The second kappa shape index (κ2) is 5.15. The van der Waals surface area contributed by atoms with Gasteiger partial charge in [-0.2, -0.15) is 4.68 Å². The SMILES string of the molecule is Cc1cc([N+](=O)[O-])nn1CC(O)c1ccccc1F. The number of aliphatic hydroxyl groups is 1. The maximum absolute atomic E-state index is 13.5. The lowest BCUT2D eigenvalue weighted by atomic mass is 10.1. The normalized spacial score (nSPS) is 12.4. The third-order valence-corrected chi connectivity index (χ3v) is 2.77. The number of hydrogen-bond acceptors (Lipinski definition) is 4. The van der Waals surface area contributed by atoms with E-state index in [2.05, 4.69) is 5.10 Å². The molecule has 0 fully saturated rings. The van der Waals surface area contributed by atoms with Gasteiger partial charge in [-0.1, -0.05) is 18.2 Å². The molecule has 1 heterocycles. The zero-order valence-electron chi connectivity index (χ0n) is 10.2. The zero-order chi connectivity index (χ0) is 14.0. The molecule has 1 aromatic heterocycles. The second-order valence-corrected chi connectivity index (χ2v) is 4.12. The van der Waals surface area contributed by atoms with Crippen LogP contribution in [0.4, 0.5) is 10.2 Å². The van der Waals surface area contributed by atoms with Gasteiger partial charge in [0.25, 0.3) is 0 Å². The van der Waals surface area contributed by atoms with Gasteiger partial charge in [0.05, 0.1) is 23.4 Å². The van der Waals surface area contributed by atoms with Crippen molar-refractivity contribution in [1.82, 2.24) is 9.78 Å². The lowest BCUT2D eigenvalue weighted by Crippen LogP contribution is -2.12. The van der Waals surface area contributed by atoms with E-state index in [9.17, 15) is 19.6 Å². The summed E-state index contributed by atoms with van der Waals surface area (Å²) in [4.78, 5) is 9.97. The molecule has 7 heteroatoms. The molecule has 6 nitrogen and oxygen atoms in total. The van der Waals surface area contributed by atoms with Crippen molar-refractivity contribution in [1.29, 1.82) is 0 Å². The first-order chi connectivity index (χ1) is 8.99. The highest BCUT2D eigenvalue weighted by molar-refractivity contribution is 5.22. The molecule has 1 atom stereocenters. The quantitative estimate of drug-likeness (QED) is 0.677. The number of halogens is 1. The highest BCUT2D eigenvalue weighted by atomic mass is 19.1. The number of aliphatic hydroxyl groups excluding tert-OH is 1. The molecule has 2 rings (SSSR count). The lowest BCUT2D eigenvalue weighted by Gasteiger charge is -2.10. The standard InChI is InChI=1S/C12H12FN3O3/c1-8-6-12(16(18)19)14-15(8)7-11(17)9-4-2-3-5-10(9)13/h2-6,11,17H,7H2,1H3. The molecule has 0 amide bonds. The average molecular weight is 265 g/mol.